The summed E-state index contributed by atoms with van der Waals surface area (Å²) in [4.78, 5) is 13.1. The maximum atomic E-state index is 13.4. The summed E-state index contributed by atoms with van der Waals surface area (Å²) in [6.07, 6.45) is 0.815. The monoisotopic (exact) mass is 423 g/mol. The molecule has 0 aliphatic heterocycles. The van der Waals surface area contributed by atoms with Crippen LogP contribution in [0.4, 0.5) is 5.69 Å². The van der Waals surface area contributed by atoms with E-state index < -0.39 is 22.5 Å². The molecule has 3 rings (SSSR count). The first-order chi connectivity index (χ1) is 14.3. The summed E-state index contributed by atoms with van der Waals surface area (Å²) in [6.45, 7) is 5.35. The van der Waals surface area contributed by atoms with Gasteiger partial charge in [0.15, 0.2) is 6.61 Å². The molecule has 1 amide bonds. The molecule has 6 heteroatoms. The van der Waals surface area contributed by atoms with E-state index in [0.717, 1.165) is 27.4 Å². The second kappa shape index (κ2) is 9.13. The highest BCUT2D eigenvalue weighted by molar-refractivity contribution is 7.93. The third kappa shape index (κ3) is 4.71. The Hall–Kier alpha value is -3.12. The molecule has 0 aliphatic rings. The second-order valence-corrected chi connectivity index (χ2v) is 8.84. The lowest BCUT2D eigenvalue weighted by molar-refractivity contribution is -0.119. The number of benzene rings is 3. The van der Waals surface area contributed by atoms with Gasteiger partial charge in [-0.25, -0.2) is 8.42 Å². The van der Waals surface area contributed by atoms with Crippen molar-refractivity contribution in [2.24, 2.45) is 0 Å². The average molecular weight is 424 g/mol. The predicted octanol–water partition coefficient (Wildman–Crippen LogP) is 4.67. The summed E-state index contributed by atoms with van der Waals surface area (Å²) < 4.78 is 33.2. The van der Waals surface area contributed by atoms with Crippen LogP contribution in [0.5, 0.6) is 5.75 Å². The minimum Gasteiger partial charge on any atom is -0.483 e. The summed E-state index contributed by atoms with van der Waals surface area (Å²) in [7, 11) is -4.10. The fourth-order valence-electron chi connectivity index (χ4n) is 3.02. The Labute approximate surface area is 178 Å². The third-order valence-electron chi connectivity index (χ3n) is 4.81. The fourth-order valence-corrected chi connectivity index (χ4v) is 4.43. The van der Waals surface area contributed by atoms with Gasteiger partial charge in [0.1, 0.15) is 5.75 Å². The standard InChI is InChI=1S/C24H25NO4S/c1-4-20-11-13-21(14-12-20)25(30(27,28)22-15-9-18(2)10-16-22)24(26)17-29-23-8-6-5-7-19(23)3/h5-16H,4,17H2,1-3H3. The van der Waals surface area contributed by atoms with Crippen LogP contribution in [0.3, 0.4) is 0 Å². The van der Waals surface area contributed by atoms with E-state index in [2.05, 4.69) is 0 Å². The molecule has 0 spiro atoms. The van der Waals surface area contributed by atoms with Gasteiger partial charge in [-0.15, -0.1) is 0 Å². The van der Waals surface area contributed by atoms with Gasteiger partial charge in [-0.1, -0.05) is 55.0 Å². The number of anilines is 1. The van der Waals surface area contributed by atoms with Crippen LogP contribution in [-0.4, -0.2) is 20.9 Å². The number of para-hydroxylation sites is 1. The lowest BCUT2D eigenvalue weighted by Gasteiger charge is -2.23. The number of rotatable bonds is 7. The molecule has 0 fully saturated rings. The van der Waals surface area contributed by atoms with Crippen molar-refractivity contribution in [3.8, 4) is 5.75 Å². The maximum absolute atomic E-state index is 13.4. The van der Waals surface area contributed by atoms with Crippen LogP contribution in [0.1, 0.15) is 23.6 Å². The van der Waals surface area contributed by atoms with Crippen molar-refractivity contribution in [2.75, 3.05) is 10.9 Å². The highest BCUT2D eigenvalue weighted by atomic mass is 32.2. The lowest BCUT2D eigenvalue weighted by atomic mass is 10.1. The zero-order chi connectivity index (χ0) is 21.7. The van der Waals surface area contributed by atoms with Crippen LogP contribution >= 0.6 is 0 Å². The van der Waals surface area contributed by atoms with Gasteiger partial charge in [0.2, 0.25) is 0 Å². The van der Waals surface area contributed by atoms with Crippen molar-refractivity contribution < 1.29 is 17.9 Å². The smallest absolute Gasteiger partial charge is 0.278 e. The van der Waals surface area contributed by atoms with Crippen molar-refractivity contribution in [2.45, 2.75) is 32.1 Å². The van der Waals surface area contributed by atoms with Crippen LogP contribution in [-0.2, 0) is 21.2 Å². The Balaban J connectivity index is 1.97. The predicted molar refractivity (Wildman–Crippen MR) is 118 cm³/mol. The quantitative estimate of drug-likeness (QED) is 0.554. The van der Waals surface area contributed by atoms with Gasteiger partial charge in [0.25, 0.3) is 15.9 Å². The number of amides is 1. The summed E-state index contributed by atoms with van der Waals surface area (Å²) >= 11 is 0. The van der Waals surface area contributed by atoms with Crippen LogP contribution < -0.4 is 9.04 Å². The van der Waals surface area contributed by atoms with Crippen LogP contribution in [0, 0.1) is 13.8 Å². The summed E-state index contributed by atoms with van der Waals surface area (Å²) in [5, 5.41) is 0. The van der Waals surface area contributed by atoms with Gasteiger partial charge in [-0.2, -0.15) is 4.31 Å². The SMILES string of the molecule is CCc1ccc(N(C(=O)COc2ccccc2C)S(=O)(=O)c2ccc(C)cc2)cc1. The van der Waals surface area contributed by atoms with Crippen molar-refractivity contribution >= 4 is 21.6 Å². The molecule has 0 atom stereocenters. The van der Waals surface area contributed by atoms with Crippen LogP contribution in [0.2, 0.25) is 0 Å². The van der Waals surface area contributed by atoms with Gasteiger partial charge < -0.3 is 4.74 Å². The Kier molecular flexibility index (Phi) is 6.57. The van der Waals surface area contributed by atoms with Crippen molar-refractivity contribution in [1.29, 1.82) is 0 Å². The molecule has 30 heavy (non-hydrogen) atoms. The molecule has 0 bridgehead atoms. The summed E-state index contributed by atoms with van der Waals surface area (Å²) in [5.41, 5.74) is 3.13. The Morgan fingerprint density at radius 3 is 2.13 bits per heavy atom. The van der Waals surface area contributed by atoms with Gasteiger partial charge in [0, 0.05) is 0 Å². The average Bonchev–Trinajstić information content (AvgIpc) is 2.74. The van der Waals surface area contributed by atoms with Gasteiger partial charge in [-0.05, 0) is 61.7 Å². The van der Waals surface area contributed by atoms with Crippen molar-refractivity contribution in [1.82, 2.24) is 0 Å². The number of hydrogen-bond donors (Lipinski definition) is 0. The molecule has 0 radical (unpaired) electrons. The largest absolute Gasteiger partial charge is 0.483 e. The summed E-state index contributed by atoms with van der Waals surface area (Å²) in [5.74, 6) is -0.122. The summed E-state index contributed by atoms with van der Waals surface area (Å²) in [6, 6.07) is 20.7. The maximum Gasteiger partial charge on any atom is 0.278 e. The highest BCUT2D eigenvalue weighted by Gasteiger charge is 2.31. The van der Waals surface area contributed by atoms with E-state index in [4.69, 9.17) is 4.74 Å². The van der Waals surface area contributed by atoms with Gasteiger partial charge in [0.05, 0.1) is 10.6 Å². The molecule has 5 nitrogen and oxygen atoms in total. The van der Waals surface area contributed by atoms with Crippen LogP contribution in [0.25, 0.3) is 0 Å². The first-order valence-corrected chi connectivity index (χ1v) is 11.2. The molecule has 3 aromatic rings. The topological polar surface area (TPSA) is 63.7 Å². The fraction of sp³-hybridized carbons (Fsp3) is 0.208. The zero-order valence-corrected chi connectivity index (χ0v) is 18.1. The molecule has 0 saturated carbocycles. The molecule has 0 N–H and O–H groups in total. The van der Waals surface area contributed by atoms with E-state index in [1.54, 1.807) is 36.4 Å². The van der Waals surface area contributed by atoms with Gasteiger partial charge >= 0.3 is 0 Å². The van der Waals surface area contributed by atoms with E-state index in [1.165, 1.54) is 12.1 Å². The normalized spacial score (nSPS) is 11.2. The van der Waals surface area contributed by atoms with E-state index in [0.29, 0.717) is 5.75 Å². The van der Waals surface area contributed by atoms with E-state index in [9.17, 15) is 13.2 Å². The minimum absolute atomic E-state index is 0.0527. The number of hydrogen-bond acceptors (Lipinski definition) is 4. The number of ether oxygens (including phenoxy) is 1. The van der Waals surface area contributed by atoms with E-state index in [-0.39, 0.29) is 10.6 Å². The van der Waals surface area contributed by atoms with E-state index >= 15 is 0 Å². The molecule has 156 valence electrons. The first-order valence-electron chi connectivity index (χ1n) is 9.75. The molecule has 0 heterocycles. The lowest BCUT2D eigenvalue weighted by Crippen LogP contribution is -2.40. The molecule has 0 saturated heterocycles. The van der Waals surface area contributed by atoms with Crippen molar-refractivity contribution in [3.63, 3.8) is 0 Å². The molecular weight excluding hydrogens is 398 g/mol. The Bertz CT molecular complexity index is 1120. The molecule has 0 aromatic heterocycles. The number of carbonyl (C=O) groups excluding carboxylic acids is 1. The number of aryl methyl sites for hydroxylation is 3. The molecule has 0 aliphatic carbocycles. The molecule has 3 aromatic carbocycles. The highest BCUT2D eigenvalue weighted by Crippen LogP contribution is 2.26. The number of carbonyl (C=O) groups is 1. The Morgan fingerprint density at radius 1 is 0.900 bits per heavy atom. The first kappa shape index (κ1) is 21.6. The number of sulfonamides is 1. The van der Waals surface area contributed by atoms with E-state index in [1.807, 2.05) is 45.0 Å². The molecular formula is C24H25NO4S. The Morgan fingerprint density at radius 2 is 1.53 bits per heavy atom. The third-order valence-corrected chi connectivity index (χ3v) is 6.57. The molecule has 0 unspecified atom stereocenters. The van der Waals surface area contributed by atoms with Crippen molar-refractivity contribution in [3.05, 3.63) is 89.5 Å². The second-order valence-electron chi connectivity index (χ2n) is 7.05. The van der Waals surface area contributed by atoms with Crippen LogP contribution in [0.15, 0.2) is 77.7 Å². The zero-order valence-electron chi connectivity index (χ0n) is 17.3. The van der Waals surface area contributed by atoms with Gasteiger partial charge in [-0.3, -0.25) is 4.79 Å². The minimum atomic E-state index is -4.10. The number of nitrogens with zero attached hydrogens (tertiary/aromatic N) is 1.